The summed E-state index contributed by atoms with van der Waals surface area (Å²) >= 11 is 7.77. The summed E-state index contributed by atoms with van der Waals surface area (Å²) in [5.74, 6) is 0.937. The molecule has 0 atom stereocenters. The average molecular weight is 322 g/mol. The van der Waals surface area contributed by atoms with Crippen LogP contribution >= 0.6 is 23.4 Å². The minimum atomic E-state index is 0.721. The first-order chi connectivity index (χ1) is 10.1. The lowest BCUT2D eigenvalue weighted by atomic mass is 10.2. The van der Waals surface area contributed by atoms with Crippen LogP contribution in [-0.4, -0.2) is 15.8 Å². The molecular weight excluding hydrogens is 302 g/mol. The third-order valence-corrected chi connectivity index (χ3v) is 5.24. The zero-order chi connectivity index (χ0) is 14.8. The van der Waals surface area contributed by atoms with Crippen molar-refractivity contribution in [3.8, 4) is 0 Å². The second kappa shape index (κ2) is 6.42. The van der Waals surface area contributed by atoms with E-state index in [2.05, 4.69) is 29.5 Å². The summed E-state index contributed by atoms with van der Waals surface area (Å²) in [5, 5.41) is 10.2. The summed E-state index contributed by atoms with van der Waals surface area (Å²) in [7, 11) is 2.03. The van der Waals surface area contributed by atoms with Gasteiger partial charge in [0, 0.05) is 36.0 Å². The first kappa shape index (κ1) is 14.9. The molecular formula is C16H20ClN3S. The zero-order valence-corrected chi connectivity index (χ0v) is 14.0. The Morgan fingerprint density at radius 3 is 2.71 bits per heavy atom. The number of hydrogen-bond acceptors (Lipinski definition) is 3. The van der Waals surface area contributed by atoms with Crippen LogP contribution in [-0.2, 0) is 19.3 Å². The Morgan fingerprint density at radius 1 is 1.33 bits per heavy atom. The van der Waals surface area contributed by atoms with Crippen LogP contribution in [0.25, 0.3) is 0 Å². The van der Waals surface area contributed by atoms with Gasteiger partial charge in [-0.1, -0.05) is 23.7 Å². The maximum Gasteiger partial charge on any atom is 0.0987 e. The van der Waals surface area contributed by atoms with E-state index in [-0.39, 0.29) is 0 Å². The third kappa shape index (κ3) is 3.82. The minimum Gasteiger partial charge on any atom is -0.310 e. The second-order valence-electron chi connectivity index (χ2n) is 5.56. The number of rotatable bonds is 6. The fraction of sp³-hybridized carbons (Fsp3) is 0.438. The molecule has 0 aliphatic heterocycles. The van der Waals surface area contributed by atoms with Gasteiger partial charge in [0.15, 0.2) is 0 Å². The van der Waals surface area contributed by atoms with Crippen LogP contribution in [0.4, 0.5) is 0 Å². The summed E-state index contributed by atoms with van der Waals surface area (Å²) in [6.07, 6.45) is 2.62. The van der Waals surface area contributed by atoms with Crippen LogP contribution < -0.4 is 5.32 Å². The molecule has 2 aromatic rings. The van der Waals surface area contributed by atoms with Crippen LogP contribution in [0.15, 0.2) is 29.3 Å². The number of hydrogen-bond donors (Lipinski definition) is 1. The molecule has 1 fully saturated rings. The maximum absolute atomic E-state index is 5.93. The Labute approximate surface area is 135 Å². The van der Waals surface area contributed by atoms with Crippen LogP contribution in [0.5, 0.6) is 0 Å². The lowest BCUT2D eigenvalue weighted by Gasteiger charge is -2.08. The second-order valence-corrected chi connectivity index (χ2v) is 6.96. The molecule has 3 nitrogen and oxygen atoms in total. The summed E-state index contributed by atoms with van der Waals surface area (Å²) in [5.41, 5.74) is 3.75. The van der Waals surface area contributed by atoms with Crippen molar-refractivity contribution < 1.29 is 0 Å². The Kier molecular flexibility index (Phi) is 4.57. The highest BCUT2D eigenvalue weighted by atomic mass is 35.5. The molecule has 112 valence electrons. The van der Waals surface area contributed by atoms with Crippen LogP contribution in [0.1, 0.15) is 29.7 Å². The quantitative estimate of drug-likeness (QED) is 0.818. The van der Waals surface area contributed by atoms with Crippen molar-refractivity contribution in [2.24, 2.45) is 7.05 Å². The molecule has 0 radical (unpaired) electrons. The predicted octanol–water partition coefficient (Wildman–Crippen LogP) is 3.93. The standard InChI is InChI=1S/C16H20ClN3S/c1-11-15(9-18-14-7-8-14)16(20(2)19-11)21-10-12-3-5-13(17)6-4-12/h3-6,14,18H,7-10H2,1-2H3. The number of nitrogens with zero attached hydrogens (tertiary/aromatic N) is 2. The maximum atomic E-state index is 5.93. The highest BCUT2D eigenvalue weighted by molar-refractivity contribution is 7.98. The summed E-state index contributed by atoms with van der Waals surface area (Å²) in [4.78, 5) is 0. The average Bonchev–Trinajstić information content (AvgIpc) is 3.23. The molecule has 3 rings (SSSR count). The number of aromatic nitrogens is 2. The van der Waals surface area contributed by atoms with E-state index in [1.165, 1.54) is 29.0 Å². The number of halogens is 1. The van der Waals surface area contributed by atoms with Gasteiger partial charge in [-0.3, -0.25) is 4.68 Å². The van der Waals surface area contributed by atoms with Gasteiger partial charge in [-0.25, -0.2) is 0 Å². The normalized spacial score (nSPS) is 14.6. The van der Waals surface area contributed by atoms with Crippen molar-refractivity contribution in [3.63, 3.8) is 0 Å². The molecule has 1 aliphatic carbocycles. The SMILES string of the molecule is Cc1nn(C)c(SCc2ccc(Cl)cc2)c1CNC1CC1. The minimum absolute atomic E-state index is 0.721. The lowest BCUT2D eigenvalue weighted by Crippen LogP contribution is -2.16. The van der Waals surface area contributed by atoms with E-state index >= 15 is 0 Å². The molecule has 0 bridgehead atoms. The molecule has 1 heterocycles. The fourth-order valence-electron chi connectivity index (χ4n) is 2.33. The van der Waals surface area contributed by atoms with E-state index in [4.69, 9.17) is 11.6 Å². The molecule has 0 saturated heterocycles. The molecule has 1 aliphatic rings. The van der Waals surface area contributed by atoms with Gasteiger partial charge in [-0.05, 0) is 37.5 Å². The zero-order valence-electron chi connectivity index (χ0n) is 12.4. The lowest BCUT2D eigenvalue weighted by molar-refractivity contribution is 0.658. The van der Waals surface area contributed by atoms with Gasteiger partial charge >= 0.3 is 0 Å². The van der Waals surface area contributed by atoms with Crippen molar-refractivity contribution in [1.29, 1.82) is 0 Å². The largest absolute Gasteiger partial charge is 0.310 e. The van der Waals surface area contributed by atoms with Gasteiger partial charge in [0.2, 0.25) is 0 Å². The molecule has 1 N–H and O–H groups in total. The fourth-order valence-corrected chi connectivity index (χ4v) is 3.57. The van der Waals surface area contributed by atoms with Crippen molar-refractivity contribution in [2.45, 2.75) is 43.1 Å². The van der Waals surface area contributed by atoms with E-state index in [0.717, 1.165) is 29.1 Å². The van der Waals surface area contributed by atoms with E-state index < -0.39 is 0 Å². The molecule has 1 aromatic heterocycles. The van der Waals surface area contributed by atoms with E-state index in [9.17, 15) is 0 Å². The number of aryl methyl sites for hydroxylation is 2. The van der Waals surface area contributed by atoms with Crippen molar-refractivity contribution in [2.75, 3.05) is 0 Å². The topological polar surface area (TPSA) is 29.9 Å². The van der Waals surface area contributed by atoms with Gasteiger partial charge in [0.25, 0.3) is 0 Å². The first-order valence-corrected chi connectivity index (χ1v) is 8.63. The van der Waals surface area contributed by atoms with E-state index in [1.54, 1.807) is 0 Å². The predicted molar refractivity (Wildman–Crippen MR) is 88.8 cm³/mol. The van der Waals surface area contributed by atoms with Crippen molar-refractivity contribution >= 4 is 23.4 Å². The monoisotopic (exact) mass is 321 g/mol. The molecule has 21 heavy (non-hydrogen) atoms. The van der Waals surface area contributed by atoms with Crippen molar-refractivity contribution in [1.82, 2.24) is 15.1 Å². The molecule has 1 aromatic carbocycles. The third-order valence-electron chi connectivity index (χ3n) is 3.72. The number of benzene rings is 1. The Hall–Kier alpha value is -0.970. The first-order valence-electron chi connectivity index (χ1n) is 7.26. The highest BCUT2D eigenvalue weighted by Gasteiger charge is 2.22. The Balaban J connectivity index is 1.69. The smallest absolute Gasteiger partial charge is 0.0987 e. The van der Waals surface area contributed by atoms with Crippen LogP contribution in [0.3, 0.4) is 0 Å². The summed E-state index contributed by atoms with van der Waals surface area (Å²) < 4.78 is 2.00. The summed E-state index contributed by atoms with van der Waals surface area (Å²) in [6.45, 7) is 3.02. The van der Waals surface area contributed by atoms with Gasteiger partial charge in [-0.15, -0.1) is 11.8 Å². The van der Waals surface area contributed by atoms with Crippen LogP contribution in [0.2, 0.25) is 5.02 Å². The number of nitrogens with one attached hydrogen (secondary N) is 1. The highest BCUT2D eigenvalue weighted by Crippen LogP contribution is 2.29. The van der Waals surface area contributed by atoms with Gasteiger partial charge < -0.3 is 5.32 Å². The molecule has 0 unspecified atom stereocenters. The number of thioether (sulfide) groups is 1. The van der Waals surface area contributed by atoms with Gasteiger partial charge in [0.05, 0.1) is 10.7 Å². The van der Waals surface area contributed by atoms with E-state index in [1.807, 2.05) is 35.6 Å². The van der Waals surface area contributed by atoms with Crippen molar-refractivity contribution in [3.05, 3.63) is 46.1 Å². The van der Waals surface area contributed by atoms with Gasteiger partial charge in [-0.2, -0.15) is 5.10 Å². The Bertz CT molecular complexity index is 617. The Morgan fingerprint density at radius 2 is 2.05 bits per heavy atom. The van der Waals surface area contributed by atoms with Gasteiger partial charge in [0.1, 0.15) is 0 Å². The molecule has 0 spiro atoms. The molecule has 0 amide bonds. The molecule has 5 heteroatoms. The van der Waals surface area contributed by atoms with E-state index in [0.29, 0.717) is 0 Å². The molecule has 1 saturated carbocycles. The van der Waals surface area contributed by atoms with Crippen LogP contribution in [0, 0.1) is 6.92 Å². The summed E-state index contributed by atoms with van der Waals surface area (Å²) in [6, 6.07) is 8.78.